The Kier molecular flexibility index (Phi) is 2.99. The molecule has 0 aromatic heterocycles. The van der Waals surface area contributed by atoms with Crippen molar-refractivity contribution in [1.29, 1.82) is 5.39 Å². The highest BCUT2D eigenvalue weighted by atomic mass is 16.9. The van der Waals surface area contributed by atoms with Gasteiger partial charge >= 0.3 is 11.7 Å². The van der Waals surface area contributed by atoms with Crippen LogP contribution >= 0.6 is 0 Å². The number of rotatable bonds is 1. The third kappa shape index (κ3) is 2.01. The summed E-state index contributed by atoms with van der Waals surface area (Å²) in [5.41, 5.74) is 0.384. The fourth-order valence-corrected chi connectivity index (χ4v) is 2.69. The average molecular weight is 291 g/mol. The van der Waals surface area contributed by atoms with Crippen molar-refractivity contribution in [3.05, 3.63) is 28.7 Å². The van der Waals surface area contributed by atoms with Crippen molar-refractivity contribution in [2.75, 3.05) is 19.8 Å². The number of nitrogens with zero attached hydrogens (tertiary/aromatic N) is 2. The maximum absolute atomic E-state index is 9.68. The molecule has 3 heterocycles. The predicted octanol–water partition coefficient (Wildman–Crippen LogP) is 3.10. The zero-order valence-corrected chi connectivity index (χ0v) is 12.4. The van der Waals surface area contributed by atoms with Crippen molar-refractivity contribution in [2.45, 2.75) is 26.7 Å². The quantitative estimate of drug-likeness (QED) is 0.805. The van der Waals surface area contributed by atoms with Gasteiger partial charge in [0.05, 0.1) is 19.8 Å². The summed E-state index contributed by atoms with van der Waals surface area (Å²) in [5.74, 6) is -1.38. The van der Waals surface area contributed by atoms with E-state index in [1.165, 1.54) is 18.2 Å². The van der Waals surface area contributed by atoms with Crippen LogP contribution in [0.1, 0.15) is 26.3 Å². The summed E-state index contributed by atoms with van der Waals surface area (Å²) in [5, 5.41) is 18.8. The molecule has 2 bridgehead atoms. The van der Waals surface area contributed by atoms with Gasteiger partial charge in [-0.25, -0.2) is 0 Å². The van der Waals surface area contributed by atoms with Crippen LogP contribution in [0.15, 0.2) is 18.2 Å². The normalized spacial score (nSPS) is 31.9. The molecular weight excluding hydrogens is 272 g/mol. The number of phenolic OH excluding ortho intramolecular Hbond substituents is 1. The maximum Gasteiger partial charge on any atom is 0.396 e. The van der Waals surface area contributed by atoms with Crippen LogP contribution in [0.4, 0.5) is 5.69 Å². The summed E-state index contributed by atoms with van der Waals surface area (Å²) >= 11 is 0. The first-order valence-corrected chi connectivity index (χ1v) is 6.92. The van der Waals surface area contributed by atoms with E-state index in [1.807, 2.05) is 0 Å². The van der Waals surface area contributed by atoms with Crippen molar-refractivity contribution in [3.8, 4) is 5.75 Å². The Labute approximate surface area is 123 Å². The SMILES string of the molecule is CC(C)(C)C12COC(c3cc(O)ccc3[N+]#N)(OC1)OC2. The van der Waals surface area contributed by atoms with Crippen molar-refractivity contribution >= 4 is 5.69 Å². The number of diazo groups is 1. The lowest BCUT2D eigenvalue weighted by atomic mass is 9.67. The van der Waals surface area contributed by atoms with Gasteiger partial charge in [-0.3, -0.25) is 0 Å². The third-order valence-electron chi connectivity index (χ3n) is 4.62. The number of fused-ring (bicyclic) bond motifs is 3. The van der Waals surface area contributed by atoms with Gasteiger partial charge in [0.2, 0.25) is 5.39 Å². The Morgan fingerprint density at radius 1 is 1.14 bits per heavy atom. The van der Waals surface area contributed by atoms with Crippen LogP contribution in [0.5, 0.6) is 5.75 Å². The monoisotopic (exact) mass is 291 g/mol. The Bertz CT molecular complexity index is 591. The van der Waals surface area contributed by atoms with E-state index >= 15 is 0 Å². The Morgan fingerprint density at radius 3 is 2.19 bits per heavy atom. The van der Waals surface area contributed by atoms with E-state index in [9.17, 15) is 5.11 Å². The first-order valence-electron chi connectivity index (χ1n) is 6.92. The van der Waals surface area contributed by atoms with Crippen LogP contribution in [-0.4, -0.2) is 24.9 Å². The molecule has 1 aromatic carbocycles. The van der Waals surface area contributed by atoms with Crippen molar-refractivity contribution in [2.24, 2.45) is 10.8 Å². The molecule has 21 heavy (non-hydrogen) atoms. The Hall–Kier alpha value is -1.68. The molecule has 0 spiro atoms. The highest BCUT2D eigenvalue weighted by molar-refractivity contribution is 5.56. The molecular formula is C15H19N2O4+. The van der Waals surface area contributed by atoms with Crippen LogP contribution in [0, 0.1) is 16.2 Å². The molecule has 3 aliphatic rings. The number of benzene rings is 1. The molecule has 3 fully saturated rings. The van der Waals surface area contributed by atoms with Crippen LogP contribution in [0.25, 0.3) is 4.98 Å². The highest BCUT2D eigenvalue weighted by Crippen LogP contribution is 2.53. The topological polar surface area (TPSA) is 76.1 Å². The highest BCUT2D eigenvalue weighted by Gasteiger charge is 2.59. The van der Waals surface area contributed by atoms with Gasteiger partial charge in [0, 0.05) is 11.5 Å². The molecule has 112 valence electrons. The van der Waals surface area contributed by atoms with E-state index in [0.29, 0.717) is 25.4 Å². The number of hydrogen-bond donors (Lipinski definition) is 1. The van der Waals surface area contributed by atoms with Crippen molar-refractivity contribution in [1.82, 2.24) is 0 Å². The van der Waals surface area contributed by atoms with Crippen LogP contribution in [-0.2, 0) is 20.2 Å². The maximum atomic E-state index is 9.68. The molecule has 3 saturated heterocycles. The summed E-state index contributed by atoms with van der Waals surface area (Å²) < 4.78 is 17.6. The molecule has 0 amide bonds. The van der Waals surface area contributed by atoms with Crippen LogP contribution in [0.3, 0.4) is 0 Å². The second-order valence-electron chi connectivity index (χ2n) is 6.75. The minimum absolute atomic E-state index is 0.0252. The van der Waals surface area contributed by atoms with Gasteiger partial charge in [0.15, 0.2) is 4.98 Å². The predicted molar refractivity (Wildman–Crippen MR) is 74.3 cm³/mol. The fourth-order valence-electron chi connectivity index (χ4n) is 2.69. The van der Waals surface area contributed by atoms with Crippen molar-refractivity contribution < 1.29 is 19.3 Å². The molecule has 0 unspecified atom stereocenters. The average Bonchev–Trinajstić information content (AvgIpc) is 2.48. The van der Waals surface area contributed by atoms with Gasteiger partial charge in [-0.1, -0.05) is 20.8 Å². The van der Waals surface area contributed by atoms with Crippen molar-refractivity contribution in [3.63, 3.8) is 0 Å². The minimum atomic E-state index is -1.41. The van der Waals surface area contributed by atoms with E-state index in [1.54, 1.807) is 0 Å². The first-order chi connectivity index (χ1) is 9.82. The lowest BCUT2D eigenvalue weighted by Crippen LogP contribution is -2.62. The van der Waals surface area contributed by atoms with Gasteiger partial charge in [0.25, 0.3) is 0 Å². The second kappa shape index (κ2) is 4.41. The van der Waals surface area contributed by atoms with E-state index in [2.05, 4.69) is 25.7 Å². The molecule has 6 heteroatoms. The van der Waals surface area contributed by atoms with E-state index in [-0.39, 0.29) is 22.3 Å². The van der Waals surface area contributed by atoms with Crippen LogP contribution in [0.2, 0.25) is 0 Å². The van der Waals surface area contributed by atoms with Gasteiger partial charge in [0.1, 0.15) is 11.3 Å². The largest absolute Gasteiger partial charge is 0.508 e. The first kappa shape index (κ1) is 14.3. The summed E-state index contributed by atoms with van der Waals surface area (Å²) in [7, 11) is 0. The summed E-state index contributed by atoms with van der Waals surface area (Å²) in [6.45, 7) is 7.84. The van der Waals surface area contributed by atoms with E-state index in [4.69, 9.17) is 19.6 Å². The molecule has 1 aromatic rings. The molecule has 4 rings (SSSR count). The van der Waals surface area contributed by atoms with Gasteiger partial charge in [-0.05, 0) is 17.5 Å². The Morgan fingerprint density at radius 2 is 1.71 bits per heavy atom. The number of hydrogen-bond acceptors (Lipinski definition) is 5. The number of aromatic hydroxyl groups is 1. The molecule has 0 radical (unpaired) electrons. The Balaban J connectivity index is 1.98. The molecule has 3 aliphatic heterocycles. The molecule has 6 nitrogen and oxygen atoms in total. The van der Waals surface area contributed by atoms with Gasteiger partial charge in [-0.2, -0.15) is 0 Å². The summed E-state index contributed by atoms with van der Waals surface area (Å²) in [6, 6.07) is 4.35. The van der Waals surface area contributed by atoms with E-state index in [0.717, 1.165) is 0 Å². The molecule has 0 atom stereocenters. The zero-order chi connectivity index (χ0) is 15.3. The standard InChI is InChI=1S/C15H18N2O4/c1-13(2,3)14-7-19-15(20-8-14,21-9-14)11-6-10(18)4-5-12(11)17-16/h4-6H,7-9H2,1-3H3/p+1. The van der Waals surface area contributed by atoms with E-state index < -0.39 is 5.97 Å². The lowest BCUT2D eigenvalue weighted by Gasteiger charge is -2.56. The second-order valence-corrected chi connectivity index (χ2v) is 6.75. The molecule has 1 N–H and O–H groups in total. The zero-order valence-electron chi connectivity index (χ0n) is 12.4. The van der Waals surface area contributed by atoms with Crippen LogP contribution < -0.4 is 0 Å². The van der Waals surface area contributed by atoms with Gasteiger partial charge in [-0.15, -0.1) is 0 Å². The number of phenols is 1. The smallest absolute Gasteiger partial charge is 0.396 e. The fraction of sp³-hybridized carbons (Fsp3) is 0.600. The number of ether oxygens (including phenoxy) is 3. The summed E-state index contributed by atoms with van der Waals surface area (Å²) in [4.78, 5) is 3.21. The summed E-state index contributed by atoms with van der Waals surface area (Å²) in [6.07, 6.45) is 0. The molecule has 0 aliphatic carbocycles. The minimum Gasteiger partial charge on any atom is -0.508 e. The third-order valence-corrected chi connectivity index (χ3v) is 4.62. The molecule has 0 saturated carbocycles. The van der Waals surface area contributed by atoms with Gasteiger partial charge < -0.3 is 19.3 Å². The lowest BCUT2D eigenvalue weighted by molar-refractivity contribution is -0.489.